The van der Waals surface area contributed by atoms with Crippen molar-refractivity contribution in [2.45, 2.75) is 0 Å². The molecule has 0 aromatic rings. The van der Waals surface area contributed by atoms with E-state index < -0.39 is 41.6 Å². The van der Waals surface area contributed by atoms with Crippen molar-refractivity contribution in [1.82, 2.24) is 4.90 Å². The number of hydrogen-bond acceptors (Lipinski definition) is 4. The Kier molecular flexibility index (Phi) is 39.4. The fourth-order valence-electron chi connectivity index (χ4n) is 0.916. The van der Waals surface area contributed by atoms with E-state index in [1.54, 1.807) is 0 Å². The van der Waals surface area contributed by atoms with Crippen LogP contribution in [0.4, 0.5) is 0 Å². The van der Waals surface area contributed by atoms with Crippen LogP contribution >= 0.6 is 22.8 Å². The van der Waals surface area contributed by atoms with Gasteiger partial charge in [-0.15, -0.1) is 0 Å². The Morgan fingerprint density at radius 1 is 0.571 bits per heavy atom. The normalized spacial score (nSPS) is 11.0. The van der Waals surface area contributed by atoms with Crippen LogP contribution in [0.2, 0.25) is 0 Å². The Bertz CT molecular complexity index is 325. The van der Waals surface area contributed by atoms with Crippen LogP contribution in [-0.4, -0.2) is 53.1 Å². The molecule has 0 aromatic carbocycles. The molecule has 0 rings (SSSR count). The van der Waals surface area contributed by atoms with Gasteiger partial charge < -0.3 is 29.4 Å². The third-order valence-electron chi connectivity index (χ3n) is 1.15. The second kappa shape index (κ2) is 19.4. The zero-order valence-corrected chi connectivity index (χ0v) is 28.4. The Morgan fingerprint density at radius 3 is 0.810 bits per heavy atom. The van der Waals surface area contributed by atoms with Crippen molar-refractivity contribution in [1.29, 1.82) is 0 Å². The topological polar surface area (TPSA) is 176 Å². The van der Waals surface area contributed by atoms with Gasteiger partial charge in [0, 0.05) is 16.8 Å². The zero-order valence-electron chi connectivity index (χ0n) is 12.2. The van der Waals surface area contributed by atoms with Gasteiger partial charge in [-0.05, 0) is 0 Å². The molecule has 107 valence electrons. The van der Waals surface area contributed by atoms with Gasteiger partial charge >= 0.3 is 228 Å². The van der Waals surface area contributed by atoms with Crippen LogP contribution in [0.15, 0.2) is 0 Å². The number of hydrogen-bond donors (Lipinski definition) is 6. The van der Waals surface area contributed by atoms with Gasteiger partial charge in [0.15, 0.2) is 0 Å². The van der Waals surface area contributed by atoms with Crippen molar-refractivity contribution in [3.63, 3.8) is 0 Å². The van der Waals surface area contributed by atoms with Crippen LogP contribution in [0.25, 0.3) is 0 Å². The molecule has 0 aliphatic rings. The molecule has 1 radical (unpaired) electrons. The number of nitrogens with zero attached hydrogens (tertiary/aromatic N) is 1. The summed E-state index contributed by atoms with van der Waals surface area (Å²) in [6.45, 7) is 0. The summed E-state index contributed by atoms with van der Waals surface area (Å²) >= 11 is 0. The van der Waals surface area contributed by atoms with E-state index in [1.165, 1.54) is 0 Å². The van der Waals surface area contributed by atoms with E-state index >= 15 is 0 Å². The first-order chi connectivity index (χ1) is 6.79. The van der Waals surface area contributed by atoms with E-state index in [0.717, 1.165) is 0 Å². The summed E-state index contributed by atoms with van der Waals surface area (Å²) in [5.41, 5.74) is 0. The minimum Gasteiger partial charge on any atom is -0.324 e. The smallest absolute Gasteiger partial charge is 0.324 e. The first-order valence-corrected chi connectivity index (χ1v) is 9.04. The SMILES string of the molecule is O=P(O)(O)CN(CP(=O)(O)O)CP(=O)(O)O.[Co].[K+].[K+].[K+].[K+]. The van der Waals surface area contributed by atoms with Crippen molar-refractivity contribution in [2.75, 3.05) is 18.9 Å². The third kappa shape index (κ3) is 35.3. The quantitative estimate of drug-likeness (QED) is 0.147. The van der Waals surface area contributed by atoms with E-state index in [-0.39, 0.29) is 222 Å². The van der Waals surface area contributed by atoms with Crippen molar-refractivity contribution >= 4 is 22.8 Å². The van der Waals surface area contributed by atoms with Crippen LogP contribution in [-0.2, 0) is 30.5 Å². The molecule has 0 amide bonds. The molecule has 0 fully saturated rings. The Balaban J connectivity index is -0.000000112. The predicted octanol–water partition coefficient (Wildman–Crippen LogP) is -13.3. The van der Waals surface area contributed by atoms with Crippen LogP contribution in [0.5, 0.6) is 0 Å². The first-order valence-electron chi connectivity index (χ1n) is 3.65. The van der Waals surface area contributed by atoms with Gasteiger partial charge in [-0.1, -0.05) is 0 Å². The summed E-state index contributed by atoms with van der Waals surface area (Å²) in [5, 5.41) is 0. The van der Waals surface area contributed by atoms with E-state index in [1.807, 2.05) is 0 Å². The van der Waals surface area contributed by atoms with Crippen molar-refractivity contribution in [3.8, 4) is 0 Å². The molecule has 18 heteroatoms. The van der Waals surface area contributed by atoms with Gasteiger partial charge in [0.1, 0.15) is 18.9 Å². The van der Waals surface area contributed by atoms with E-state index in [4.69, 9.17) is 29.4 Å². The monoisotopic (exact) mass is 514 g/mol. The summed E-state index contributed by atoms with van der Waals surface area (Å²) in [7, 11) is -14.0. The fraction of sp³-hybridized carbons (Fsp3) is 1.00. The molecule has 0 heterocycles. The Hall–Kier alpha value is 7.46. The molecule has 6 N–H and O–H groups in total. The second-order valence-electron chi connectivity index (χ2n) is 3.09. The van der Waals surface area contributed by atoms with Gasteiger partial charge in [0.05, 0.1) is 0 Å². The van der Waals surface area contributed by atoms with Gasteiger partial charge in [0.2, 0.25) is 0 Å². The average molecular weight is 514 g/mol. The molecule has 0 aliphatic heterocycles. The molecule has 0 saturated heterocycles. The van der Waals surface area contributed by atoms with Crippen molar-refractivity contribution in [3.05, 3.63) is 0 Å². The first kappa shape index (κ1) is 42.5. The van der Waals surface area contributed by atoms with Gasteiger partial charge in [-0.25, -0.2) is 0 Å². The summed E-state index contributed by atoms with van der Waals surface area (Å²) in [4.78, 5) is 51.6. The molecule has 0 atom stereocenters. The summed E-state index contributed by atoms with van der Waals surface area (Å²) in [5.74, 6) is 0. The molecule has 0 spiro atoms. The molecule has 0 bridgehead atoms. The maximum atomic E-state index is 10.6. The summed E-state index contributed by atoms with van der Waals surface area (Å²) < 4.78 is 31.7. The van der Waals surface area contributed by atoms with Crippen LogP contribution in [0.3, 0.4) is 0 Å². The third-order valence-corrected chi connectivity index (χ3v) is 3.46. The maximum Gasteiger partial charge on any atom is 1.00 e. The minimum absolute atomic E-state index is 0. The summed E-state index contributed by atoms with van der Waals surface area (Å²) in [6.07, 6.45) is -3.41. The molecule has 0 unspecified atom stereocenters. The molecular formula is C3H12CoK4NO9P3+4. The Morgan fingerprint density at radius 2 is 0.714 bits per heavy atom. The fourth-order valence-corrected chi connectivity index (χ4v) is 3.55. The van der Waals surface area contributed by atoms with Gasteiger partial charge in [-0.2, -0.15) is 0 Å². The number of rotatable bonds is 6. The van der Waals surface area contributed by atoms with Crippen molar-refractivity contribution in [2.24, 2.45) is 0 Å². The molecule has 0 aliphatic carbocycles. The van der Waals surface area contributed by atoms with Crippen LogP contribution in [0.1, 0.15) is 0 Å². The van der Waals surface area contributed by atoms with Gasteiger partial charge in [-0.3, -0.25) is 18.6 Å². The average Bonchev–Trinajstić information content (AvgIpc) is 1.70. The Labute approximate surface area is 302 Å². The summed E-state index contributed by atoms with van der Waals surface area (Å²) in [6, 6.07) is 0. The van der Waals surface area contributed by atoms with Gasteiger partial charge in [0.25, 0.3) is 0 Å². The van der Waals surface area contributed by atoms with Crippen LogP contribution < -0.4 is 206 Å². The predicted molar refractivity (Wildman–Crippen MR) is 52.6 cm³/mol. The molecule has 21 heavy (non-hydrogen) atoms. The van der Waals surface area contributed by atoms with E-state index in [9.17, 15) is 13.7 Å². The van der Waals surface area contributed by atoms with Crippen molar-refractivity contribution < 1.29 is 265 Å². The maximum absolute atomic E-state index is 10.6. The standard InChI is InChI=1S/C3H12NO9P3.Co.4K/c5-14(6,7)1-4(2-15(8,9)10)3-16(11,12)13;;;;;/h1-3H2,(H2,5,6,7)(H2,8,9,10)(H2,11,12,13);;;;;/q;;4*+1. The van der Waals surface area contributed by atoms with E-state index in [2.05, 4.69) is 0 Å². The molecular weight excluding hydrogens is 502 g/mol. The van der Waals surface area contributed by atoms with E-state index in [0.29, 0.717) is 4.90 Å². The second-order valence-corrected chi connectivity index (χ2v) is 7.93. The molecule has 0 aromatic heterocycles. The molecule has 0 saturated carbocycles. The largest absolute Gasteiger partial charge is 1.00 e. The zero-order chi connectivity index (χ0) is 13.2. The van der Waals surface area contributed by atoms with Crippen LogP contribution in [0, 0.1) is 0 Å². The minimum atomic E-state index is -4.65. The molecule has 10 nitrogen and oxygen atoms in total.